The van der Waals surface area contributed by atoms with E-state index in [-0.39, 0.29) is 5.91 Å². The number of benzene rings is 1. The summed E-state index contributed by atoms with van der Waals surface area (Å²) in [5.41, 5.74) is 10.8. The Hall–Kier alpha value is -4.37. The molecule has 0 unspecified atom stereocenters. The van der Waals surface area contributed by atoms with E-state index in [0.717, 1.165) is 34.4 Å². The molecule has 1 aromatic carbocycles. The van der Waals surface area contributed by atoms with Crippen molar-refractivity contribution in [3.05, 3.63) is 90.2 Å². The fourth-order valence-electron chi connectivity index (χ4n) is 3.98. The van der Waals surface area contributed by atoms with Crippen molar-refractivity contribution in [2.45, 2.75) is 20.4 Å². The number of nitrogens with zero attached hydrogens (tertiary/aromatic N) is 5. The van der Waals surface area contributed by atoms with Crippen LogP contribution in [0.3, 0.4) is 0 Å². The number of rotatable bonds is 10. The molecule has 3 heterocycles. The van der Waals surface area contributed by atoms with Gasteiger partial charge in [0, 0.05) is 29.9 Å². The second-order valence-corrected chi connectivity index (χ2v) is 9.21. The van der Waals surface area contributed by atoms with Crippen LogP contribution in [0, 0.1) is 6.92 Å². The first kappa shape index (κ1) is 25.7. The average Bonchev–Trinajstić information content (AvgIpc) is 3.40. The number of fused-ring (bicyclic) bond motifs is 2. The fourth-order valence-corrected chi connectivity index (χ4v) is 3.98. The van der Waals surface area contributed by atoms with Gasteiger partial charge in [0.15, 0.2) is 0 Å². The van der Waals surface area contributed by atoms with Gasteiger partial charge in [-0.2, -0.15) is 5.10 Å². The largest absolute Gasteiger partial charge is 0.492 e. The Labute approximate surface area is 216 Å². The van der Waals surface area contributed by atoms with Crippen LogP contribution in [0.1, 0.15) is 23.1 Å². The van der Waals surface area contributed by atoms with E-state index in [1.807, 2.05) is 81.2 Å². The molecule has 9 nitrogen and oxygen atoms in total. The molecule has 0 aliphatic rings. The number of amides is 1. The first-order valence-electron chi connectivity index (χ1n) is 12.0. The second kappa shape index (κ2) is 11.1. The van der Waals surface area contributed by atoms with Crippen molar-refractivity contribution in [3.8, 4) is 5.75 Å². The standard InChI is InChI=1S/C28H33N7O2/c1-19(8-6-9-20(2)29)18-35-24-11-7-10-23(27(24)21(3)32-35)31-28(36)25-17-30-26-16-22(12-13-34(25)26)37-15-14-33(4)5/h6-13,16-17H,1,14-15,18,29H2,2-5H3,(H,31,36)/b8-6-,20-9-. The van der Waals surface area contributed by atoms with Crippen molar-refractivity contribution in [3.63, 3.8) is 0 Å². The number of ether oxygens (including phenoxy) is 1. The van der Waals surface area contributed by atoms with Gasteiger partial charge in [0.2, 0.25) is 0 Å². The van der Waals surface area contributed by atoms with E-state index in [1.165, 1.54) is 0 Å². The van der Waals surface area contributed by atoms with Crippen LogP contribution in [0.25, 0.3) is 16.6 Å². The highest BCUT2D eigenvalue weighted by Gasteiger charge is 2.17. The molecule has 0 radical (unpaired) electrons. The van der Waals surface area contributed by atoms with Gasteiger partial charge >= 0.3 is 0 Å². The molecule has 4 rings (SSSR count). The number of hydrogen-bond acceptors (Lipinski definition) is 6. The van der Waals surface area contributed by atoms with Gasteiger partial charge in [0.25, 0.3) is 5.91 Å². The van der Waals surface area contributed by atoms with Crippen LogP contribution in [0.5, 0.6) is 5.75 Å². The predicted molar refractivity (Wildman–Crippen MR) is 148 cm³/mol. The number of likely N-dealkylation sites (N-methyl/N-ethyl adjacent to an activating group) is 1. The van der Waals surface area contributed by atoms with Crippen LogP contribution < -0.4 is 15.8 Å². The number of carbonyl (C=O) groups is 1. The summed E-state index contributed by atoms with van der Waals surface area (Å²) in [4.78, 5) is 19.7. The Morgan fingerprint density at radius 2 is 2.11 bits per heavy atom. The first-order chi connectivity index (χ1) is 17.7. The number of nitrogens with one attached hydrogen (secondary N) is 1. The lowest BCUT2D eigenvalue weighted by atomic mass is 10.1. The molecular formula is C28H33N7O2. The van der Waals surface area contributed by atoms with E-state index in [2.05, 4.69) is 21.8 Å². The maximum Gasteiger partial charge on any atom is 0.274 e. The molecule has 0 aliphatic heterocycles. The van der Waals surface area contributed by atoms with E-state index in [4.69, 9.17) is 15.6 Å². The molecule has 0 saturated carbocycles. The third kappa shape index (κ3) is 6.07. The number of aryl methyl sites for hydroxylation is 1. The third-order valence-corrected chi connectivity index (χ3v) is 5.77. The molecule has 0 bridgehead atoms. The number of anilines is 1. The monoisotopic (exact) mass is 499 g/mol. The number of pyridine rings is 1. The third-order valence-electron chi connectivity index (χ3n) is 5.77. The van der Waals surface area contributed by atoms with Crippen LogP contribution in [-0.4, -0.2) is 57.2 Å². The summed E-state index contributed by atoms with van der Waals surface area (Å²) in [6, 6.07) is 9.43. The molecule has 0 spiro atoms. The highest BCUT2D eigenvalue weighted by atomic mass is 16.5. The SMILES string of the molecule is C=C(/C=C\C=C(\C)N)Cn1nc(C)c2c(NC(=O)c3cnc4cc(OCCN(C)C)ccn34)cccc21. The Morgan fingerprint density at radius 3 is 2.86 bits per heavy atom. The zero-order valence-electron chi connectivity index (χ0n) is 21.7. The molecule has 1 amide bonds. The smallest absolute Gasteiger partial charge is 0.274 e. The van der Waals surface area contributed by atoms with Gasteiger partial charge in [0.05, 0.1) is 29.6 Å². The van der Waals surface area contributed by atoms with Crippen LogP contribution in [0.2, 0.25) is 0 Å². The zero-order chi connectivity index (χ0) is 26.5. The minimum atomic E-state index is -0.260. The summed E-state index contributed by atoms with van der Waals surface area (Å²) in [6.45, 7) is 9.78. The molecule has 0 saturated heterocycles. The molecular weight excluding hydrogens is 466 g/mol. The molecule has 0 aliphatic carbocycles. The van der Waals surface area contributed by atoms with Crippen molar-refractivity contribution in [1.82, 2.24) is 24.1 Å². The van der Waals surface area contributed by atoms with Crippen molar-refractivity contribution in [2.24, 2.45) is 5.73 Å². The van der Waals surface area contributed by atoms with E-state index >= 15 is 0 Å². The van der Waals surface area contributed by atoms with Gasteiger partial charge in [-0.25, -0.2) is 4.98 Å². The highest BCUT2D eigenvalue weighted by Crippen LogP contribution is 2.28. The topological polar surface area (TPSA) is 103 Å². The number of hydrogen-bond donors (Lipinski definition) is 2. The molecule has 192 valence electrons. The molecule has 3 N–H and O–H groups in total. The number of nitrogens with two attached hydrogens (primary N) is 1. The van der Waals surface area contributed by atoms with Crippen molar-refractivity contribution >= 4 is 28.1 Å². The lowest BCUT2D eigenvalue weighted by Crippen LogP contribution is -2.19. The van der Waals surface area contributed by atoms with Gasteiger partial charge in [-0.3, -0.25) is 13.9 Å². The number of imidazole rings is 1. The maximum atomic E-state index is 13.3. The van der Waals surface area contributed by atoms with E-state index in [1.54, 1.807) is 16.8 Å². The molecule has 37 heavy (non-hydrogen) atoms. The van der Waals surface area contributed by atoms with Crippen molar-refractivity contribution in [1.29, 1.82) is 0 Å². The van der Waals surface area contributed by atoms with Gasteiger partial charge in [-0.05, 0) is 57.8 Å². The number of carbonyl (C=O) groups excluding carboxylic acids is 1. The summed E-state index contributed by atoms with van der Waals surface area (Å²) in [5, 5.41) is 8.63. The van der Waals surface area contributed by atoms with Crippen LogP contribution in [0.15, 0.2) is 78.8 Å². The van der Waals surface area contributed by atoms with Gasteiger partial charge in [-0.1, -0.05) is 24.8 Å². The van der Waals surface area contributed by atoms with Gasteiger partial charge in [0.1, 0.15) is 23.7 Å². The molecule has 4 aromatic rings. The minimum Gasteiger partial charge on any atom is -0.492 e. The highest BCUT2D eigenvalue weighted by molar-refractivity contribution is 6.08. The zero-order valence-corrected chi connectivity index (χ0v) is 21.7. The van der Waals surface area contributed by atoms with E-state index < -0.39 is 0 Å². The maximum absolute atomic E-state index is 13.3. The van der Waals surface area contributed by atoms with E-state index in [0.29, 0.717) is 35.9 Å². The van der Waals surface area contributed by atoms with Crippen LogP contribution in [-0.2, 0) is 6.54 Å². The number of allylic oxidation sites excluding steroid dienone is 5. The normalized spacial score (nSPS) is 12.2. The Morgan fingerprint density at radius 1 is 1.30 bits per heavy atom. The first-order valence-corrected chi connectivity index (χ1v) is 12.0. The molecule has 9 heteroatoms. The summed E-state index contributed by atoms with van der Waals surface area (Å²) in [7, 11) is 3.99. The van der Waals surface area contributed by atoms with Gasteiger partial charge < -0.3 is 20.7 Å². The van der Waals surface area contributed by atoms with Gasteiger partial charge in [-0.15, -0.1) is 0 Å². The lowest BCUT2D eigenvalue weighted by molar-refractivity contribution is 0.102. The lowest BCUT2D eigenvalue weighted by Gasteiger charge is -2.11. The minimum absolute atomic E-state index is 0.260. The molecule has 0 atom stereocenters. The Bertz CT molecular complexity index is 1500. The summed E-state index contributed by atoms with van der Waals surface area (Å²) in [6.07, 6.45) is 8.97. The quantitative estimate of drug-likeness (QED) is 0.318. The fraction of sp³-hybridized carbons (Fsp3) is 0.250. The predicted octanol–water partition coefficient (Wildman–Crippen LogP) is 4.16. The Balaban J connectivity index is 1.54. The average molecular weight is 500 g/mol. The number of aromatic nitrogens is 4. The van der Waals surface area contributed by atoms with Crippen LogP contribution in [0.4, 0.5) is 5.69 Å². The van der Waals surface area contributed by atoms with Crippen LogP contribution >= 0.6 is 0 Å². The Kier molecular flexibility index (Phi) is 7.74. The van der Waals surface area contributed by atoms with Crippen molar-refractivity contribution < 1.29 is 9.53 Å². The summed E-state index contributed by atoms with van der Waals surface area (Å²) < 4.78 is 9.43. The summed E-state index contributed by atoms with van der Waals surface area (Å²) in [5.74, 6) is 0.454. The molecule has 3 aromatic heterocycles. The van der Waals surface area contributed by atoms with E-state index in [9.17, 15) is 4.79 Å². The molecule has 0 fully saturated rings. The van der Waals surface area contributed by atoms with Crippen molar-refractivity contribution in [2.75, 3.05) is 32.6 Å². The summed E-state index contributed by atoms with van der Waals surface area (Å²) >= 11 is 0. The second-order valence-electron chi connectivity index (χ2n) is 9.21.